The van der Waals surface area contributed by atoms with Gasteiger partial charge in [0.05, 0.1) is 0 Å². The van der Waals surface area contributed by atoms with Crippen LogP contribution >= 0.6 is 0 Å². The van der Waals surface area contributed by atoms with Gasteiger partial charge in [0.1, 0.15) is 0 Å². The van der Waals surface area contributed by atoms with Crippen molar-refractivity contribution in [3.8, 4) is 0 Å². The van der Waals surface area contributed by atoms with Crippen LogP contribution in [0.25, 0.3) is 0 Å². The van der Waals surface area contributed by atoms with Gasteiger partial charge in [-0.05, 0) is 96.3 Å². The maximum absolute atomic E-state index is 10.8. The second kappa shape index (κ2) is 10.0. The Kier molecular flexibility index (Phi) is 7.65. The van der Waals surface area contributed by atoms with Crippen LogP contribution in [-0.2, 0) is 12.8 Å². The molecule has 3 aliphatic carbocycles. The van der Waals surface area contributed by atoms with Gasteiger partial charge in [0.15, 0.2) is 0 Å². The van der Waals surface area contributed by atoms with E-state index in [2.05, 4.69) is 44.6 Å². The summed E-state index contributed by atoms with van der Waals surface area (Å²) >= 11 is 0. The fourth-order valence-corrected chi connectivity index (χ4v) is 8.90. The van der Waals surface area contributed by atoms with Crippen molar-refractivity contribution in [3.63, 3.8) is 0 Å². The van der Waals surface area contributed by atoms with E-state index in [-0.39, 0.29) is 24.5 Å². The molecule has 0 radical (unpaired) electrons. The van der Waals surface area contributed by atoms with E-state index in [1.807, 2.05) is 6.20 Å². The van der Waals surface area contributed by atoms with Gasteiger partial charge in [0.2, 0.25) is 5.95 Å². The Labute approximate surface area is 207 Å². The summed E-state index contributed by atoms with van der Waals surface area (Å²) in [6, 6.07) is 0. The van der Waals surface area contributed by atoms with E-state index in [1.54, 1.807) is 0 Å². The molecule has 34 heavy (non-hydrogen) atoms. The quantitative estimate of drug-likeness (QED) is 0.479. The minimum atomic E-state index is -0.0586. The van der Waals surface area contributed by atoms with E-state index in [4.69, 9.17) is 5.73 Å². The lowest BCUT2D eigenvalue weighted by Gasteiger charge is -2.57. The summed E-state index contributed by atoms with van der Waals surface area (Å²) in [7, 11) is 0. The average Bonchev–Trinajstić information content (AvgIpc) is 3.15. The van der Waals surface area contributed by atoms with E-state index in [1.165, 1.54) is 44.1 Å². The molecule has 1 aromatic rings. The molecule has 0 saturated heterocycles. The van der Waals surface area contributed by atoms with Gasteiger partial charge in [-0.1, -0.05) is 53.9 Å². The van der Waals surface area contributed by atoms with Crippen molar-refractivity contribution in [2.24, 2.45) is 52.3 Å². The minimum absolute atomic E-state index is 0.0586. The van der Waals surface area contributed by atoms with E-state index in [0.29, 0.717) is 29.1 Å². The Balaban J connectivity index is 1.55. The summed E-state index contributed by atoms with van der Waals surface area (Å²) in [5.74, 6) is 4.07. The first-order valence-electron chi connectivity index (χ1n) is 14.0. The first-order chi connectivity index (χ1) is 16.1. The molecule has 4 N–H and O–H groups in total. The molecule has 0 bridgehead atoms. The molecule has 8 atom stereocenters. The summed E-state index contributed by atoms with van der Waals surface area (Å²) in [5.41, 5.74) is 8.31. The molecule has 2 saturated carbocycles. The number of anilines is 1. The number of rotatable bonds is 8. The summed E-state index contributed by atoms with van der Waals surface area (Å²) in [6.45, 7) is 12.5. The first kappa shape index (κ1) is 25.9. The highest BCUT2D eigenvalue weighted by molar-refractivity contribution is 5.30. The van der Waals surface area contributed by atoms with Gasteiger partial charge in [-0.25, -0.2) is 9.97 Å². The van der Waals surface area contributed by atoms with Crippen LogP contribution in [0.4, 0.5) is 5.95 Å². The highest BCUT2D eigenvalue weighted by Crippen LogP contribution is 2.64. The Morgan fingerprint density at radius 2 is 1.76 bits per heavy atom. The van der Waals surface area contributed by atoms with Gasteiger partial charge >= 0.3 is 0 Å². The number of nitrogens with zero attached hydrogens (tertiary/aromatic N) is 2. The van der Waals surface area contributed by atoms with Gasteiger partial charge < -0.3 is 15.9 Å². The van der Waals surface area contributed by atoms with E-state index in [0.717, 1.165) is 42.7 Å². The van der Waals surface area contributed by atoms with Crippen LogP contribution < -0.4 is 5.73 Å². The predicted molar refractivity (Wildman–Crippen MR) is 138 cm³/mol. The molecule has 192 valence electrons. The molecule has 5 nitrogen and oxygen atoms in total. The number of aliphatic hydroxyl groups excluding tert-OH is 2. The second-order valence-electron chi connectivity index (χ2n) is 13.1. The molecular weight excluding hydrogens is 422 g/mol. The van der Waals surface area contributed by atoms with Crippen LogP contribution in [0.15, 0.2) is 6.20 Å². The molecule has 5 heteroatoms. The van der Waals surface area contributed by atoms with Crippen molar-refractivity contribution < 1.29 is 10.2 Å². The van der Waals surface area contributed by atoms with Crippen LogP contribution in [0, 0.1) is 52.3 Å². The summed E-state index contributed by atoms with van der Waals surface area (Å²) in [5, 5.41) is 21.2. The normalized spacial score (nSPS) is 38.5. The maximum atomic E-state index is 10.8. The van der Waals surface area contributed by atoms with Crippen molar-refractivity contribution in [1.29, 1.82) is 0 Å². The molecule has 0 aliphatic heterocycles. The van der Waals surface area contributed by atoms with Crippen molar-refractivity contribution >= 4 is 5.95 Å². The predicted octanol–water partition coefficient (Wildman–Crippen LogP) is 5.29. The SMILES string of the molecule is CC(C)CCCC(C)[C@H]1CC[C@H]2[C@H](CO)[C@@H]([C@@]3(C)Cc4cnc(N)nc4C[C@@H]3CO)CC[C@]12C. The van der Waals surface area contributed by atoms with Crippen molar-refractivity contribution in [3.05, 3.63) is 17.5 Å². The first-order valence-corrected chi connectivity index (χ1v) is 14.0. The van der Waals surface area contributed by atoms with Gasteiger partial charge in [0, 0.05) is 25.1 Å². The fourth-order valence-electron chi connectivity index (χ4n) is 8.90. The van der Waals surface area contributed by atoms with Crippen LogP contribution in [-0.4, -0.2) is 33.4 Å². The highest BCUT2D eigenvalue weighted by Gasteiger charge is 2.58. The third-order valence-electron chi connectivity index (χ3n) is 10.8. The minimum Gasteiger partial charge on any atom is -0.396 e. The Morgan fingerprint density at radius 3 is 2.44 bits per heavy atom. The zero-order valence-electron chi connectivity index (χ0n) is 22.3. The Hall–Kier alpha value is -1.20. The van der Waals surface area contributed by atoms with Gasteiger partial charge in [-0.3, -0.25) is 0 Å². The number of hydrogen-bond acceptors (Lipinski definition) is 5. The maximum Gasteiger partial charge on any atom is 0.220 e. The number of nitrogen functional groups attached to an aromatic ring is 1. The Bertz CT molecular complexity index is 845. The number of fused-ring (bicyclic) bond motifs is 2. The number of hydrogen-bond donors (Lipinski definition) is 3. The average molecular weight is 472 g/mol. The molecule has 4 rings (SSSR count). The standard InChI is InChI=1S/C29H49N3O2/c1-18(2)7-6-8-19(3)23-9-10-24-22(17-34)25(11-12-28(23,24)4)29(5)14-20-15-31-27(30)32-26(20)13-21(29)16-33/h15,18-19,21-25,33-34H,6-14,16-17H2,1-5H3,(H2,30,31,32)/t19?,21-,22+,23-,24+,25+,28-,29+/m1/s1. The van der Waals surface area contributed by atoms with Crippen LogP contribution in [0.3, 0.4) is 0 Å². The van der Waals surface area contributed by atoms with Crippen molar-refractivity contribution in [2.75, 3.05) is 18.9 Å². The monoisotopic (exact) mass is 471 g/mol. The fraction of sp³-hybridized carbons (Fsp3) is 0.862. The molecular formula is C29H49N3O2. The van der Waals surface area contributed by atoms with Crippen LogP contribution in [0.5, 0.6) is 0 Å². The van der Waals surface area contributed by atoms with Crippen LogP contribution in [0.1, 0.15) is 90.8 Å². The zero-order valence-corrected chi connectivity index (χ0v) is 22.3. The molecule has 1 aromatic heterocycles. The molecule has 2 fully saturated rings. The topological polar surface area (TPSA) is 92.3 Å². The third-order valence-corrected chi connectivity index (χ3v) is 10.8. The largest absolute Gasteiger partial charge is 0.396 e. The van der Waals surface area contributed by atoms with E-state index < -0.39 is 0 Å². The number of aliphatic hydroxyl groups is 2. The highest BCUT2D eigenvalue weighted by atomic mass is 16.3. The van der Waals surface area contributed by atoms with E-state index in [9.17, 15) is 10.2 Å². The lowest BCUT2D eigenvalue weighted by atomic mass is 9.48. The van der Waals surface area contributed by atoms with Gasteiger partial charge in [-0.15, -0.1) is 0 Å². The zero-order chi connectivity index (χ0) is 24.7. The summed E-state index contributed by atoms with van der Waals surface area (Å²) < 4.78 is 0. The smallest absolute Gasteiger partial charge is 0.220 e. The molecule has 0 amide bonds. The Morgan fingerprint density at radius 1 is 1.03 bits per heavy atom. The summed E-state index contributed by atoms with van der Waals surface area (Å²) in [6.07, 6.45) is 12.5. The van der Waals surface area contributed by atoms with Crippen molar-refractivity contribution in [2.45, 2.75) is 92.4 Å². The third kappa shape index (κ3) is 4.52. The molecule has 0 aromatic carbocycles. The lowest BCUT2D eigenvalue weighted by Crippen LogP contribution is -2.53. The van der Waals surface area contributed by atoms with Crippen molar-refractivity contribution in [1.82, 2.24) is 9.97 Å². The second-order valence-corrected chi connectivity index (χ2v) is 13.1. The van der Waals surface area contributed by atoms with Gasteiger partial charge in [0.25, 0.3) is 0 Å². The number of nitrogens with two attached hydrogens (primary N) is 1. The van der Waals surface area contributed by atoms with Crippen LogP contribution in [0.2, 0.25) is 0 Å². The number of aromatic nitrogens is 2. The van der Waals surface area contributed by atoms with Gasteiger partial charge in [-0.2, -0.15) is 0 Å². The molecule has 1 heterocycles. The summed E-state index contributed by atoms with van der Waals surface area (Å²) in [4.78, 5) is 8.77. The lowest BCUT2D eigenvalue weighted by molar-refractivity contribution is -0.0941. The van der Waals surface area contributed by atoms with E-state index >= 15 is 0 Å². The molecule has 1 unspecified atom stereocenters. The molecule has 0 spiro atoms. The molecule has 3 aliphatic rings.